The molecule has 2 nitrogen and oxygen atoms in total. The third kappa shape index (κ3) is 6.71. The Bertz CT molecular complexity index is 200. The van der Waals surface area contributed by atoms with E-state index in [1.54, 1.807) is 12.2 Å². The zero-order valence-electron chi connectivity index (χ0n) is 6.83. The zero-order chi connectivity index (χ0) is 8.69. The number of rotatable bonds is 4. The maximum absolute atomic E-state index is 10.4. The van der Waals surface area contributed by atoms with Gasteiger partial charge in [-0.2, -0.15) is 0 Å². The number of hydrogen-bond donors (Lipinski definition) is 0. The van der Waals surface area contributed by atoms with Crippen LogP contribution < -0.4 is 0 Å². The summed E-state index contributed by atoms with van der Waals surface area (Å²) in [5, 5.41) is 0. The van der Waals surface area contributed by atoms with E-state index in [9.17, 15) is 9.59 Å². The van der Waals surface area contributed by atoms with Gasteiger partial charge < -0.3 is 0 Å². The van der Waals surface area contributed by atoms with Crippen molar-refractivity contribution < 1.29 is 9.59 Å². The number of hydrogen-bond acceptors (Lipinski definition) is 2. The van der Waals surface area contributed by atoms with Crippen LogP contribution in [0.3, 0.4) is 0 Å². The second kappa shape index (κ2) is 5.59. The van der Waals surface area contributed by atoms with Gasteiger partial charge in [-0.3, -0.25) is 9.59 Å². The van der Waals surface area contributed by atoms with Crippen LogP contribution >= 0.6 is 0 Å². The summed E-state index contributed by atoms with van der Waals surface area (Å²) in [5.74, 6) is 0.125. The van der Waals surface area contributed by atoms with Gasteiger partial charge in [0.2, 0.25) is 0 Å². The first-order chi connectivity index (χ1) is 5.16. The smallest absolute Gasteiger partial charge is 0.143 e. The van der Waals surface area contributed by atoms with Crippen molar-refractivity contribution in [2.75, 3.05) is 0 Å². The van der Waals surface area contributed by atoms with Crippen LogP contribution in [0, 0.1) is 0 Å². The molecule has 0 atom stereocenters. The molecule has 0 aromatic rings. The molecule has 0 radical (unpaired) electrons. The summed E-state index contributed by atoms with van der Waals surface area (Å²) in [6.07, 6.45) is 6.13. The van der Waals surface area contributed by atoms with Gasteiger partial charge in [-0.1, -0.05) is 12.2 Å². The van der Waals surface area contributed by atoms with Gasteiger partial charge in [0.15, 0.2) is 0 Å². The molecule has 0 bridgehead atoms. The van der Waals surface area contributed by atoms with Gasteiger partial charge in [-0.25, -0.2) is 0 Å². The van der Waals surface area contributed by atoms with E-state index >= 15 is 0 Å². The Morgan fingerprint density at radius 2 is 2.00 bits per heavy atom. The summed E-state index contributed by atoms with van der Waals surface area (Å²) in [4.78, 5) is 20.4. The van der Waals surface area contributed by atoms with Crippen molar-refractivity contribution in [3.05, 3.63) is 23.8 Å². The molecule has 0 aliphatic rings. The van der Waals surface area contributed by atoms with Crippen LogP contribution in [0.1, 0.15) is 20.3 Å². The molecule has 0 rings (SSSR count). The average molecular weight is 152 g/mol. The van der Waals surface area contributed by atoms with Crippen LogP contribution in [-0.4, -0.2) is 12.1 Å². The van der Waals surface area contributed by atoms with Crippen molar-refractivity contribution in [2.45, 2.75) is 20.3 Å². The van der Waals surface area contributed by atoms with E-state index in [4.69, 9.17) is 0 Å². The van der Waals surface area contributed by atoms with Crippen molar-refractivity contribution in [2.24, 2.45) is 0 Å². The van der Waals surface area contributed by atoms with Crippen LogP contribution in [0.15, 0.2) is 23.8 Å². The van der Waals surface area contributed by atoms with Gasteiger partial charge in [-0.15, -0.1) is 0 Å². The van der Waals surface area contributed by atoms with Crippen molar-refractivity contribution in [3.63, 3.8) is 0 Å². The number of ketones is 1. The van der Waals surface area contributed by atoms with Crippen molar-refractivity contribution in [1.29, 1.82) is 0 Å². The van der Waals surface area contributed by atoms with Gasteiger partial charge in [0.25, 0.3) is 0 Å². The first-order valence-corrected chi connectivity index (χ1v) is 3.45. The molecule has 0 saturated carbocycles. The minimum absolute atomic E-state index is 0.125. The maximum Gasteiger partial charge on any atom is 0.143 e. The van der Waals surface area contributed by atoms with Gasteiger partial charge in [0.1, 0.15) is 12.1 Å². The third-order valence-corrected chi connectivity index (χ3v) is 1.12. The molecule has 0 spiro atoms. The topological polar surface area (TPSA) is 34.1 Å². The predicted octanol–water partition coefficient (Wildman–Crippen LogP) is 1.67. The summed E-state index contributed by atoms with van der Waals surface area (Å²) in [6, 6.07) is 0. The summed E-state index contributed by atoms with van der Waals surface area (Å²) >= 11 is 0. The first-order valence-electron chi connectivity index (χ1n) is 3.45. The summed E-state index contributed by atoms with van der Waals surface area (Å²) in [7, 11) is 0. The third-order valence-electron chi connectivity index (χ3n) is 1.12. The fraction of sp³-hybridized carbons (Fsp3) is 0.333. The monoisotopic (exact) mass is 152 g/mol. The molecule has 60 valence electrons. The fourth-order valence-electron chi connectivity index (χ4n) is 0.574. The number of allylic oxidation sites excluding steroid dienone is 4. The SMILES string of the molecule is CC(=O)C/C=C/C(C)=C/C=O. The van der Waals surface area contributed by atoms with Gasteiger partial charge in [0, 0.05) is 6.42 Å². The van der Waals surface area contributed by atoms with Crippen LogP contribution in [-0.2, 0) is 9.59 Å². The van der Waals surface area contributed by atoms with Gasteiger partial charge >= 0.3 is 0 Å². The van der Waals surface area contributed by atoms with E-state index < -0.39 is 0 Å². The van der Waals surface area contributed by atoms with E-state index in [1.165, 1.54) is 13.0 Å². The van der Waals surface area contributed by atoms with Crippen molar-refractivity contribution in [3.8, 4) is 0 Å². The lowest BCUT2D eigenvalue weighted by molar-refractivity contribution is -0.116. The van der Waals surface area contributed by atoms with Crippen LogP contribution in [0.25, 0.3) is 0 Å². The highest BCUT2D eigenvalue weighted by Crippen LogP contribution is 1.94. The second-order valence-corrected chi connectivity index (χ2v) is 2.36. The highest BCUT2D eigenvalue weighted by Gasteiger charge is 1.85. The minimum atomic E-state index is 0.125. The van der Waals surface area contributed by atoms with Crippen LogP contribution in [0.4, 0.5) is 0 Å². The molecule has 0 heterocycles. The normalized spacial score (nSPS) is 12.0. The molecule has 0 aromatic heterocycles. The van der Waals surface area contributed by atoms with Gasteiger partial charge in [-0.05, 0) is 25.5 Å². The molecular weight excluding hydrogens is 140 g/mol. The van der Waals surface area contributed by atoms with E-state index in [-0.39, 0.29) is 5.78 Å². The average Bonchev–Trinajstić information content (AvgIpc) is 1.87. The number of Topliss-reactive ketones (excluding diaryl/α,β-unsaturated/α-hetero) is 1. The van der Waals surface area contributed by atoms with E-state index in [2.05, 4.69) is 0 Å². The quantitative estimate of drug-likeness (QED) is 0.349. The van der Waals surface area contributed by atoms with Crippen LogP contribution in [0.5, 0.6) is 0 Å². The fourth-order valence-corrected chi connectivity index (χ4v) is 0.574. The van der Waals surface area contributed by atoms with Crippen molar-refractivity contribution in [1.82, 2.24) is 0 Å². The summed E-state index contributed by atoms with van der Waals surface area (Å²) in [5.41, 5.74) is 0.862. The zero-order valence-corrected chi connectivity index (χ0v) is 6.83. The Morgan fingerprint density at radius 1 is 1.36 bits per heavy atom. The molecule has 2 heteroatoms. The van der Waals surface area contributed by atoms with Crippen molar-refractivity contribution >= 4 is 12.1 Å². The molecule has 0 N–H and O–H groups in total. The Labute approximate surface area is 66.6 Å². The highest BCUT2D eigenvalue weighted by atomic mass is 16.1. The molecule has 0 amide bonds. The molecule has 0 aliphatic carbocycles. The van der Waals surface area contributed by atoms with E-state index in [0.717, 1.165) is 11.9 Å². The van der Waals surface area contributed by atoms with Gasteiger partial charge in [0.05, 0.1) is 0 Å². The Hall–Kier alpha value is -1.18. The molecule has 11 heavy (non-hydrogen) atoms. The maximum atomic E-state index is 10.4. The molecule has 0 aromatic carbocycles. The first kappa shape index (κ1) is 9.82. The van der Waals surface area contributed by atoms with E-state index in [1.807, 2.05) is 6.92 Å². The second-order valence-electron chi connectivity index (χ2n) is 2.36. The number of carbonyl (C=O) groups is 2. The molecule has 0 saturated heterocycles. The minimum Gasteiger partial charge on any atom is -0.300 e. The highest BCUT2D eigenvalue weighted by molar-refractivity contribution is 5.77. The summed E-state index contributed by atoms with van der Waals surface area (Å²) < 4.78 is 0. The molecular formula is C9H12O2. The lowest BCUT2D eigenvalue weighted by Crippen LogP contribution is -1.84. The van der Waals surface area contributed by atoms with Crippen LogP contribution in [0.2, 0.25) is 0 Å². The number of carbonyl (C=O) groups excluding carboxylic acids is 2. The number of aldehydes is 1. The summed E-state index contributed by atoms with van der Waals surface area (Å²) in [6.45, 7) is 3.34. The Balaban J connectivity index is 3.83. The lowest BCUT2D eigenvalue weighted by atomic mass is 10.2. The van der Waals surface area contributed by atoms with E-state index in [0.29, 0.717) is 6.42 Å². The molecule has 0 unspecified atom stereocenters. The standard InChI is InChI=1S/C9H12O2/c1-8(6-7-10)4-3-5-9(2)11/h3-4,6-7H,5H2,1-2H3/b4-3+,8-6+. The largest absolute Gasteiger partial charge is 0.300 e. The Morgan fingerprint density at radius 3 is 2.45 bits per heavy atom. The molecule has 0 fully saturated rings. The molecule has 0 aliphatic heterocycles. The predicted molar refractivity (Wildman–Crippen MR) is 44.3 cm³/mol. The Kier molecular flexibility index (Phi) is 4.99. The lowest BCUT2D eigenvalue weighted by Gasteiger charge is -1.86.